The van der Waals surface area contributed by atoms with Crippen LogP contribution in [0, 0.1) is 13.8 Å². The van der Waals surface area contributed by atoms with Gasteiger partial charge in [0, 0.05) is 47.6 Å². The standard InChI is InChI=1S/C53H36N4S/c1-33-21-25-40(34(2)29-33)39-24-28-47-44(31-39)41-17-9-11-19-46(41)57(47)48-27-23-37(38-22-26-43-42-18-10-12-20-49(42)58-50(43)32-38)30-45(48)53-55-51(35-13-5-3-6-14-35)54-52(56-53)36-15-7-4-8-16-36/h3-32H,1-2H3. The van der Waals surface area contributed by atoms with E-state index in [1.807, 2.05) is 47.7 Å². The number of aromatic nitrogens is 4. The smallest absolute Gasteiger partial charge is 0.166 e. The molecule has 0 spiro atoms. The first-order valence-corrected chi connectivity index (χ1v) is 20.4. The summed E-state index contributed by atoms with van der Waals surface area (Å²) >= 11 is 1.84. The second kappa shape index (κ2) is 13.8. The maximum absolute atomic E-state index is 5.28. The first-order chi connectivity index (χ1) is 28.6. The van der Waals surface area contributed by atoms with Crippen LogP contribution in [0.1, 0.15) is 11.1 Å². The first kappa shape index (κ1) is 34.1. The van der Waals surface area contributed by atoms with Gasteiger partial charge >= 0.3 is 0 Å². The summed E-state index contributed by atoms with van der Waals surface area (Å²) in [5, 5.41) is 4.97. The Hall–Kier alpha value is -7.21. The van der Waals surface area contributed by atoms with E-state index in [4.69, 9.17) is 15.0 Å². The molecule has 0 atom stereocenters. The van der Waals surface area contributed by atoms with Gasteiger partial charge < -0.3 is 4.57 Å². The highest BCUT2D eigenvalue weighted by molar-refractivity contribution is 7.25. The molecule has 58 heavy (non-hydrogen) atoms. The predicted molar refractivity (Wildman–Crippen MR) is 244 cm³/mol. The summed E-state index contributed by atoms with van der Waals surface area (Å²) in [6.07, 6.45) is 0. The van der Waals surface area contributed by atoms with Crippen molar-refractivity contribution in [3.8, 4) is 62.1 Å². The number of aryl methyl sites for hydroxylation is 2. The van der Waals surface area contributed by atoms with Gasteiger partial charge in [-0.15, -0.1) is 11.3 Å². The number of hydrogen-bond donors (Lipinski definition) is 0. The van der Waals surface area contributed by atoms with E-state index in [0.717, 1.165) is 44.5 Å². The maximum atomic E-state index is 5.28. The van der Waals surface area contributed by atoms with Crippen LogP contribution < -0.4 is 0 Å². The fourth-order valence-electron chi connectivity index (χ4n) is 8.46. The Kier molecular flexibility index (Phi) is 8.09. The molecule has 3 aromatic heterocycles. The fourth-order valence-corrected chi connectivity index (χ4v) is 9.61. The predicted octanol–water partition coefficient (Wildman–Crippen LogP) is 14.3. The van der Waals surface area contributed by atoms with Gasteiger partial charge in [-0.25, -0.2) is 15.0 Å². The third-order valence-electron chi connectivity index (χ3n) is 11.3. The molecule has 3 heterocycles. The molecule has 0 aliphatic rings. The van der Waals surface area contributed by atoms with E-state index in [2.05, 4.69) is 164 Å². The molecule has 0 amide bonds. The van der Waals surface area contributed by atoms with Crippen LogP contribution in [0.15, 0.2) is 182 Å². The molecule has 5 heteroatoms. The summed E-state index contributed by atoms with van der Waals surface area (Å²) in [5.74, 6) is 1.88. The van der Waals surface area contributed by atoms with Gasteiger partial charge in [0.15, 0.2) is 17.5 Å². The number of rotatable bonds is 6. The molecule has 0 unspecified atom stereocenters. The monoisotopic (exact) mass is 760 g/mol. The Balaban J connectivity index is 1.18. The minimum absolute atomic E-state index is 0.616. The van der Waals surface area contributed by atoms with Gasteiger partial charge in [0.2, 0.25) is 0 Å². The maximum Gasteiger partial charge on any atom is 0.166 e. The van der Waals surface area contributed by atoms with Crippen molar-refractivity contribution < 1.29 is 0 Å². The van der Waals surface area contributed by atoms with E-state index in [1.165, 1.54) is 53.2 Å². The highest BCUT2D eigenvalue weighted by atomic mass is 32.1. The number of thiophene rings is 1. The Morgan fingerprint density at radius 2 is 0.983 bits per heavy atom. The molecule has 0 N–H and O–H groups in total. The zero-order valence-electron chi connectivity index (χ0n) is 32.0. The van der Waals surface area contributed by atoms with Crippen molar-refractivity contribution in [1.82, 2.24) is 19.5 Å². The Bertz CT molecular complexity index is 3300. The topological polar surface area (TPSA) is 43.6 Å². The lowest BCUT2D eigenvalue weighted by Gasteiger charge is -2.16. The molecular weight excluding hydrogens is 725 g/mol. The van der Waals surface area contributed by atoms with Crippen molar-refractivity contribution in [3.05, 3.63) is 193 Å². The van der Waals surface area contributed by atoms with Crippen LogP contribution in [0.25, 0.3) is 104 Å². The first-order valence-electron chi connectivity index (χ1n) is 19.6. The Labute approximate surface area is 340 Å². The summed E-state index contributed by atoms with van der Waals surface area (Å²) < 4.78 is 4.95. The molecule has 274 valence electrons. The van der Waals surface area contributed by atoms with Gasteiger partial charge in [-0.2, -0.15) is 0 Å². The van der Waals surface area contributed by atoms with Crippen LogP contribution in [-0.2, 0) is 0 Å². The Morgan fingerprint density at radius 3 is 1.74 bits per heavy atom. The van der Waals surface area contributed by atoms with Gasteiger partial charge in [0.1, 0.15) is 0 Å². The van der Waals surface area contributed by atoms with E-state index in [-0.39, 0.29) is 0 Å². The van der Waals surface area contributed by atoms with E-state index in [9.17, 15) is 0 Å². The van der Waals surface area contributed by atoms with Crippen LogP contribution in [-0.4, -0.2) is 19.5 Å². The second-order valence-electron chi connectivity index (χ2n) is 15.0. The van der Waals surface area contributed by atoms with Crippen molar-refractivity contribution >= 4 is 53.3 Å². The number of hydrogen-bond acceptors (Lipinski definition) is 4. The highest BCUT2D eigenvalue weighted by Crippen LogP contribution is 2.41. The van der Waals surface area contributed by atoms with Crippen LogP contribution in [0.2, 0.25) is 0 Å². The molecule has 0 bridgehead atoms. The average Bonchev–Trinajstić information content (AvgIpc) is 3.81. The van der Waals surface area contributed by atoms with Crippen molar-refractivity contribution in [2.24, 2.45) is 0 Å². The van der Waals surface area contributed by atoms with Crippen LogP contribution in [0.5, 0.6) is 0 Å². The van der Waals surface area contributed by atoms with Crippen molar-refractivity contribution in [2.45, 2.75) is 13.8 Å². The molecule has 0 saturated heterocycles. The van der Waals surface area contributed by atoms with Crippen LogP contribution in [0.3, 0.4) is 0 Å². The van der Waals surface area contributed by atoms with Crippen molar-refractivity contribution in [2.75, 3.05) is 0 Å². The average molecular weight is 761 g/mol. The number of nitrogens with zero attached hydrogens (tertiary/aromatic N) is 4. The summed E-state index contributed by atoms with van der Waals surface area (Å²) in [4.78, 5) is 15.6. The molecule has 0 aliphatic carbocycles. The third kappa shape index (κ3) is 5.78. The third-order valence-corrected chi connectivity index (χ3v) is 12.4. The lowest BCUT2D eigenvalue weighted by Crippen LogP contribution is -2.04. The molecule has 8 aromatic carbocycles. The molecule has 11 rings (SSSR count). The summed E-state index contributed by atoms with van der Waals surface area (Å²) in [5.41, 5.74) is 13.3. The molecule has 0 fully saturated rings. The van der Waals surface area contributed by atoms with E-state index < -0.39 is 0 Å². The highest BCUT2D eigenvalue weighted by Gasteiger charge is 2.21. The van der Waals surface area contributed by atoms with Gasteiger partial charge in [0.05, 0.1) is 16.7 Å². The number of fused-ring (bicyclic) bond motifs is 6. The van der Waals surface area contributed by atoms with Gasteiger partial charge in [-0.3, -0.25) is 0 Å². The largest absolute Gasteiger partial charge is 0.309 e. The van der Waals surface area contributed by atoms with Crippen LogP contribution in [0.4, 0.5) is 0 Å². The zero-order valence-corrected chi connectivity index (χ0v) is 32.8. The molecular formula is C53H36N4S. The van der Waals surface area contributed by atoms with Crippen molar-refractivity contribution in [3.63, 3.8) is 0 Å². The van der Waals surface area contributed by atoms with Gasteiger partial charge in [-0.05, 0) is 84.1 Å². The minimum Gasteiger partial charge on any atom is -0.309 e. The summed E-state index contributed by atoms with van der Waals surface area (Å²) in [7, 11) is 0. The molecule has 11 aromatic rings. The normalized spacial score (nSPS) is 11.6. The summed E-state index contributed by atoms with van der Waals surface area (Å²) in [6, 6.07) is 65.0. The SMILES string of the molecule is Cc1ccc(-c2ccc3c(c2)c2ccccc2n3-c2ccc(-c3ccc4c(c3)sc3ccccc34)cc2-c2nc(-c3ccccc3)nc(-c3ccccc3)n2)c(C)c1. The molecule has 0 aliphatic heterocycles. The van der Waals surface area contributed by atoms with Crippen molar-refractivity contribution in [1.29, 1.82) is 0 Å². The number of para-hydroxylation sites is 1. The van der Waals surface area contributed by atoms with E-state index in [1.54, 1.807) is 0 Å². The second-order valence-corrected chi connectivity index (χ2v) is 16.1. The van der Waals surface area contributed by atoms with E-state index in [0.29, 0.717) is 17.5 Å². The zero-order chi connectivity index (χ0) is 38.7. The lowest BCUT2D eigenvalue weighted by molar-refractivity contribution is 1.06. The quantitative estimate of drug-likeness (QED) is 0.169. The van der Waals surface area contributed by atoms with E-state index >= 15 is 0 Å². The van der Waals surface area contributed by atoms with Gasteiger partial charge in [-0.1, -0.05) is 145 Å². The Morgan fingerprint density at radius 1 is 0.379 bits per heavy atom. The summed E-state index contributed by atoms with van der Waals surface area (Å²) in [6.45, 7) is 4.35. The van der Waals surface area contributed by atoms with Crippen LogP contribution >= 0.6 is 11.3 Å². The molecule has 4 nitrogen and oxygen atoms in total. The minimum atomic E-state index is 0.616. The van der Waals surface area contributed by atoms with Gasteiger partial charge in [0.25, 0.3) is 0 Å². The lowest BCUT2D eigenvalue weighted by atomic mass is 9.97. The molecule has 0 saturated carbocycles. The number of benzene rings is 8. The molecule has 0 radical (unpaired) electrons. The fraction of sp³-hybridized carbons (Fsp3) is 0.0377.